The van der Waals surface area contributed by atoms with Crippen molar-refractivity contribution in [1.82, 2.24) is 25.3 Å². The number of nitrogens with one attached hydrogen (secondary N) is 2. The van der Waals surface area contributed by atoms with E-state index in [0.717, 1.165) is 16.9 Å². The number of nitrogens with zero attached hydrogens (tertiary/aromatic N) is 3. The number of hydrogen-bond acceptors (Lipinski definition) is 4. The molecule has 0 spiro atoms. The number of benzene rings is 1. The molecule has 0 unspecified atom stereocenters. The van der Waals surface area contributed by atoms with E-state index in [-0.39, 0.29) is 5.91 Å². The topological polar surface area (TPSA) is 83.6 Å². The number of rotatable bonds is 4. The number of carbonyl (C=O) groups is 1. The molecule has 2 N–H and O–H groups in total. The molecule has 0 saturated heterocycles. The van der Waals surface area contributed by atoms with Crippen LogP contribution in [-0.4, -0.2) is 32.4 Å². The van der Waals surface area contributed by atoms with Gasteiger partial charge in [0, 0.05) is 25.4 Å². The summed E-state index contributed by atoms with van der Waals surface area (Å²) in [5, 5.41) is 2.81. The Balaban J connectivity index is 1.58. The number of carbonyl (C=O) groups excluding carboxylic acids is 1. The first-order chi connectivity index (χ1) is 9.83. The van der Waals surface area contributed by atoms with Gasteiger partial charge in [-0.25, -0.2) is 15.0 Å². The Morgan fingerprint density at radius 2 is 2.00 bits per heavy atom. The molecule has 0 atom stereocenters. The van der Waals surface area contributed by atoms with E-state index in [2.05, 4.69) is 25.3 Å². The summed E-state index contributed by atoms with van der Waals surface area (Å²) in [6.45, 7) is 0.507. The van der Waals surface area contributed by atoms with E-state index < -0.39 is 0 Å². The van der Waals surface area contributed by atoms with Crippen LogP contribution < -0.4 is 5.32 Å². The number of fused-ring (bicyclic) bond motifs is 1. The van der Waals surface area contributed by atoms with Gasteiger partial charge in [-0.3, -0.25) is 4.79 Å². The molecule has 2 aromatic heterocycles. The first kappa shape index (κ1) is 12.3. The van der Waals surface area contributed by atoms with E-state index in [1.165, 1.54) is 18.7 Å². The molecule has 3 aromatic rings. The van der Waals surface area contributed by atoms with Crippen molar-refractivity contribution in [3.63, 3.8) is 0 Å². The minimum Gasteiger partial charge on any atom is -0.351 e. The van der Waals surface area contributed by atoms with Crippen LogP contribution >= 0.6 is 0 Å². The lowest BCUT2D eigenvalue weighted by atomic mass is 10.3. The van der Waals surface area contributed by atoms with Crippen molar-refractivity contribution in [1.29, 1.82) is 0 Å². The molecule has 3 rings (SSSR count). The zero-order valence-electron chi connectivity index (χ0n) is 10.7. The normalized spacial score (nSPS) is 10.6. The summed E-state index contributed by atoms with van der Waals surface area (Å²) in [7, 11) is 0. The molecular formula is C14H13N5O. The summed E-state index contributed by atoms with van der Waals surface area (Å²) >= 11 is 0. The van der Waals surface area contributed by atoms with Gasteiger partial charge in [0.1, 0.15) is 12.2 Å². The molecule has 20 heavy (non-hydrogen) atoms. The predicted octanol–water partition coefficient (Wildman–Crippen LogP) is 1.33. The maximum Gasteiger partial charge on any atom is 0.254 e. The van der Waals surface area contributed by atoms with Crippen LogP contribution in [0.3, 0.4) is 0 Å². The van der Waals surface area contributed by atoms with E-state index in [9.17, 15) is 4.79 Å². The van der Waals surface area contributed by atoms with Crippen molar-refractivity contribution in [2.75, 3.05) is 6.54 Å². The Bertz CT molecular complexity index is 690. The largest absolute Gasteiger partial charge is 0.351 e. The van der Waals surface area contributed by atoms with Crippen molar-refractivity contribution >= 4 is 16.9 Å². The Morgan fingerprint density at radius 1 is 1.20 bits per heavy atom. The second kappa shape index (κ2) is 5.48. The summed E-state index contributed by atoms with van der Waals surface area (Å²) < 4.78 is 0. The third-order valence-electron chi connectivity index (χ3n) is 2.91. The maximum atomic E-state index is 11.8. The fraction of sp³-hybridized carbons (Fsp3) is 0.143. The lowest BCUT2D eigenvalue weighted by Crippen LogP contribution is -2.26. The molecule has 1 aromatic carbocycles. The zero-order valence-corrected chi connectivity index (χ0v) is 10.7. The van der Waals surface area contributed by atoms with Crippen LogP contribution in [0.4, 0.5) is 0 Å². The van der Waals surface area contributed by atoms with Crippen LogP contribution in [0.5, 0.6) is 0 Å². The summed E-state index contributed by atoms with van der Waals surface area (Å²) in [5.74, 6) is 0.678. The van der Waals surface area contributed by atoms with Crippen LogP contribution in [0.1, 0.15) is 16.2 Å². The standard InChI is InChI=1S/C14H13N5O/c20-14(10-7-15-9-16-8-10)17-6-5-13-18-11-3-1-2-4-12(11)19-13/h1-4,7-9H,5-6H2,(H,17,20)(H,18,19). The van der Waals surface area contributed by atoms with Gasteiger partial charge in [-0.1, -0.05) is 12.1 Å². The highest BCUT2D eigenvalue weighted by Crippen LogP contribution is 2.10. The summed E-state index contributed by atoms with van der Waals surface area (Å²) in [5.41, 5.74) is 2.40. The average Bonchev–Trinajstić information content (AvgIpc) is 2.90. The summed E-state index contributed by atoms with van der Waals surface area (Å²) in [4.78, 5) is 27.1. The summed E-state index contributed by atoms with van der Waals surface area (Å²) in [6.07, 6.45) is 5.02. The molecule has 0 aliphatic carbocycles. The third kappa shape index (κ3) is 2.64. The molecule has 0 aliphatic heterocycles. The molecule has 0 fully saturated rings. The highest BCUT2D eigenvalue weighted by atomic mass is 16.1. The number of para-hydroxylation sites is 2. The Kier molecular flexibility index (Phi) is 3.36. The molecule has 0 aliphatic rings. The first-order valence-electron chi connectivity index (χ1n) is 6.30. The van der Waals surface area contributed by atoms with Crippen LogP contribution in [0.25, 0.3) is 11.0 Å². The van der Waals surface area contributed by atoms with Gasteiger partial charge >= 0.3 is 0 Å². The molecule has 1 amide bonds. The monoisotopic (exact) mass is 267 g/mol. The Hall–Kier alpha value is -2.76. The SMILES string of the molecule is O=C(NCCc1nc2ccccc2[nH]1)c1cncnc1. The summed E-state index contributed by atoms with van der Waals surface area (Å²) in [6, 6.07) is 7.84. The van der Waals surface area contributed by atoms with Crippen molar-refractivity contribution in [3.8, 4) is 0 Å². The first-order valence-corrected chi connectivity index (χ1v) is 6.30. The number of H-pyrrole nitrogens is 1. The van der Waals surface area contributed by atoms with E-state index in [4.69, 9.17) is 0 Å². The van der Waals surface area contributed by atoms with Crippen LogP contribution in [0.15, 0.2) is 43.0 Å². The molecule has 6 heteroatoms. The minimum absolute atomic E-state index is 0.179. The van der Waals surface area contributed by atoms with Gasteiger partial charge in [0.05, 0.1) is 16.6 Å². The highest BCUT2D eigenvalue weighted by molar-refractivity contribution is 5.93. The molecule has 2 heterocycles. The van der Waals surface area contributed by atoms with Gasteiger partial charge in [-0.05, 0) is 12.1 Å². The van der Waals surface area contributed by atoms with Crippen molar-refractivity contribution < 1.29 is 4.79 Å². The Labute approximate surface area is 115 Å². The van der Waals surface area contributed by atoms with Gasteiger partial charge < -0.3 is 10.3 Å². The fourth-order valence-corrected chi connectivity index (χ4v) is 1.94. The molecular weight excluding hydrogens is 254 g/mol. The lowest BCUT2D eigenvalue weighted by molar-refractivity contribution is 0.0953. The van der Waals surface area contributed by atoms with Gasteiger partial charge in [-0.15, -0.1) is 0 Å². The second-order valence-corrected chi connectivity index (χ2v) is 4.33. The smallest absolute Gasteiger partial charge is 0.254 e. The van der Waals surface area contributed by atoms with Crippen molar-refractivity contribution in [3.05, 3.63) is 54.4 Å². The number of aromatic nitrogens is 4. The predicted molar refractivity (Wildman–Crippen MR) is 74.2 cm³/mol. The molecule has 0 bridgehead atoms. The van der Waals surface area contributed by atoms with E-state index in [1.54, 1.807) is 0 Å². The number of aromatic amines is 1. The average molecular weight is 267 g/mol. The van der Waals surface area contributed by atoms with Crippen LogP contribution in [0.2, 0.25) is 0 Å². The number of amides is 1. The molecule has 0 saturated carbocycles. The quantitative estimate of drug-likeness (QED) is 0.747. The van der Waals surface area contributed by atoms with E-state index in [1.807, 2.05) is 24.3 Å². The van der Waals surface area contributed by atoms with Gasteiger partial charge in [0.2, 0.25) is 0 Å². The van der Waals surface area contributed by atoms with Gasteiger partial charge in [0.15, 0.2) is 0 Å². The van der Waals surface area contributed by atoms with Crippen LogP contribution in [-0.2, 0) is 6.42 Å². The third-order valence-corrected chi connectivity index (χ3v) is 2.91. The highest BCUT2D eigenvalue weighted by Gasteiger charge is 2.06. The lowest BCUT2D eigenvalue weighted by Gasteiger charge is -2.02. The maximum absolute atomic E-state index is 11.8. The Morgan fingerprint density at radius 3 is 2.80 bits per heavy atom. The number of hydrogen-bond donors (Lipinski definition) is 2. The minimum atomic E-state index is -0.179. The van der Waals surface area contributed by atoms with E-state index >= 15 is 0 Å². The second-order valence-electron chi connectivity index (χ2n) is 4.33. The van der Waals surface area contributed by atoms with Crippen molar-refractivity contribution in [2.24, 2.45) is 0 Å². The van der Waals surface area contributed by atoms with Gasteiger partial charge in [-0.2, -0.15) is 0 Å². The molecule has 100 valence electrons. The molecule has 0 radical (unpaired) electrons. The van der Waals surface area contributed by atoms with Gasteiger partial charge in [0.25, 0.3) is 5.91 Å². The van der Waals surface area contributed by atoms with Crippen molar-refractivity contribution in [2.45, 2.75) is 6.42 Å². The number of imidazole rings is 1. The zero-order chi connectivity index (χ0) is 13.8. The van der Waals surface area contributed by atoms with E-state index in [0.29, 0.717) is 18.5 Å². The molecule has 6 nitrogen and oxygen atoms in total. The van der Waals surface area contributed by atoms with Crippen LogP contribution in [0, 0.1) is 0 Å². The fourth-order valence-electron chi connectivity index (χ4n) is 1.94.